The first kappa shape index (κ1) is 13.7. The minimum absolute atomic E-state index is 0.238. The van der Waals surface area contributed by atoms with Crippen LogP contribution in [-0.4, -0.2) is 21.5 Å². The predicted molar refractivity (Wildman–Crippen MR) is 82.4 cm³/mol. The van der Waals surface area contributed by atoms with Gasteiger partial charge in [0.2, 0.25) is 11.7 Å². The van der Waals surface area contributed by atoms with Crippen molar-refractivity contribution in [1.29, 1.82) is 0 Å². The number of aromatic hydroxyl groups is 1. The lowest BCUT2D eigenvalue weighted by molar-refractivity contribution is 0.383. The first-order valence-corrected chi connectivity index (χ1v) is 7.72. The van der Waals surface area contributed by atoms with Crippen LogP contribution in [0.4, 0.5) is 0 Å². The normalized spacial score (nSPS) is 10.7. The average Bonchev–Trinajstić information content (AvgIpc) is 2.98. The van der Waals surface area contributed by atoms with Crippen molar-refractivity contribution in [2.45, 2.75) is 11.3 Å². The standard InChI is InChI=1S/C16H14N2O2S/c1-21-13-8-6-11(7-9-13)16-17-15(20-18-16)10-12-4-2-3-5-14(12)19/h2-9,19H,10H2,1H3. The molecule has 0 amide bonds. The zero-order valence-corrected chi connectivity index (χ0v) is 12.3. The highest BCUT2D eigenvalue weighted by molar-refractivity contribution is 7.98. The lowest BCUT2D eigenvalue weighted by Gasteiger charge is -1.99. The van der Waals surface area contributed by atoms with E-state index in [0.717, 1.165) is 11.1 Å². The van der Waals surface area contributed by atoms with Gasteiger partial charge in [-0.3, -0.25) is 0 Å². The van der Waals surface area contributed by atoms with Crippen molar-refractivity contribution in [3.8, 4) is 17.1 Å². The second kappa shape index (κ2) is 6.01. The maximum Gasteiger partial charge on any atom is 0.231 e. The fraction of sp³-hybridized carbons (Fsp3) is 0.125. The van der Waals surface area contributed by atoms with E-state index < -0.39 is 0 Å². The molecule has 0 fully saturated rings. The highest BCUT2D eigenvalue weighted by Crippen LogP contribution is 2.23. The SMILES string of the molecule is CSc1ccc(-c2noc(Cc3ccccc3O)n2)cc1. The molecule has 1 aromatic heterocycles. The van der Waals surface area contributed by atoms with Crippen molar-refractivity contribution < 1.29 is 9.63 Å². The summed E-state index contributed by atoms with van der Waals surface area (Å²) in [7, 11) is 0. The molecule has 21 heavy (non-hydrogen) atoms. The Kier molecular flexibility index (Phi) is 3.92. The molecule has 0 aliphatic heterocycles. The van der Waals surface area contributed by atoms with Gasteiger partial charge >= 0.3 is 0 Å². The van der Waals surface area contributed by atoms with Crippen LogP contribution in [0.3, 0.4) is 0 Å². The quantitative estimate of drug-likeness (QED) is 0.743. The van der Waals surface area contributed by atoms with Gasteiger partial charge in [0, 0.05) is 16.0 Å². The molecule has 0 saturated heterocycles. The van der Waals surface area contributed by atoms with Gasteiger partial charge < -0.3 is 9.63 Å². The van der Waals surface area contributed by atoms with Crippen molar-refractivity contribution in [3.63, 3.8) is 0 Å². The number of phenolic OH excluding ortho intramolecular Hbond substituents is 1. The Bertz CT molecular complexity index is 738. The molecule has 0 bridgehead atoms. The van der Waals surface area contributed by atoms with E-state index in [-0.39, 0.29) is 5.75 Å². The van der Waals surface area contributed by atoms with Crippen LogP contribution >= 0.6 is 11.8 Å². The topological polar surface area (TPSA) is 59.2 Å². The molecule has 0 spiro atoms. The maximum atomic E-state index is 9.76. The summed E-state index contributed by atoms with van der Waals surface area (Å²) in [4.78, 5) is 5.57. The van der Waals surface area contributed by atoms with E-state index in [2.05, 4.69) is 10.1 Å². The summed E-state index contributed by atoms with van der Waals surface area (Å²) in [6.45, 7) is 0. The molecular formula is C16H14N2O2S. The number of aromatic nitrogens is 2. The third kappa shape index (κ3) is 3.08. The summed E-state index contributed by atoms with van der Waals surface area (Å²) in [5.41, 5.74) is 1.69. The summed E-state index contributed by atoms with van der Waals surface area (Å²) < 4.78 is 5.26. The van der Waals surface area contributed by atoms with E-state index >= 15 is 0 Å². The van der Waals surface area contributed by atoms with Crippen LogP contribution in [-0.2, 0) is 6.42 Å². The monoisotopic (exact) mass is 298 g/mol. The molecule has 0 saturated carbocycles. The number of para-hydroxylation sites is 1. The van der Waals surface area contributed by atoms with Gasteiger partial charge in [-0.15, -0.1) is 11.8 Å². The van der Waals surface area contributed by atoms with Gasteiger partial charge in [-0.25, -0.2) is 0 Å². The summed E-state index contributed by atoms with van der Waals surface area (Å²) in [6, 6.07) is 15.1. The largest absolute Gasteiger partial charge is 0.508 e. The number of rotatable bonds is 4. The highest BCUT2D eigenvalue weighted by Gasteiger charge is 2.11. The molecule has 1 heterocycles. The zero-order chi connectivity index (χ0) is 14.7. The summed E-state index contributed by atoms with van der Waals surface area (Å²) in [5.74, 6) is 1.29. The molecule has 4 nitrogen and oxygen atoms in total. The molecule has 106 valence electrons. The van der Waals surface area contributed by atoms with Crippen molar-refractivity contribution >= 4 is 11.8 Å². The van der Waals surface area contributed by atoms with E-state index in [4.69, 9.17) is 4.52 Å². The van der Waals surface area contributed by atoms with Gasteiger partial charge in [-0.05, 0) is 36.6 Å². The van der Waals surface area contributed by atoms with Crippen LogP contribution in [0.5, 0.6) is 5.75 Å². The van der Waals surface area contributed by atoms with Gasteiger partial charge in [0.05, 0.1) is 6.42 Å². The highest BCUT2D eigenvalue weighted by atomic mass is 32.2. The zero-order valence-electron chi connectivity index (χ0n) is 11.5. The van der Waals surface area contributed by atoms with Crippen molar-refractivity contribution in [2.75, 3.05) is 6.26 Å². The number of phenols is 1. The number of benzene rings is 2. The number of hydrogen-bond acceptors (Lipinski definition) is 5. The Balaban J connectivity index is 1.81. The Hall–Kier alpha value is -2.27. The summed E-state index contributed by atoms with van der Waals surface area (Å²) in [5, 5.41) is 13.8. The number of thioether (sulfide) groups is 1. The molecule has 0 unspecified atom stereocenters. The Morgan fingerprint density at radius 3 is 2.57 bits per heavy atom. The van der Waals surface area contributed by atoms with E-state index in [9.17, 15) is 5.11 Å². The Morgan fingerprint density at radius 1 is 1.10 bits per heavy atom. The van der Waals surface area contributed by atoms with Gasteiger partial charge in [-0.1, -0.05) is 23.4 Å². The smallest absolute Gasteiger partial charge is 0.231 e. The average molecular weight is 298 g/mol. The number of nitrogens with zero attached hydrogens (tertiary/aromatic N) is 2. The summed E-state index contributed by atoms with van der Waals surface area (Å²) >= 11 is 1.69. The summed E-state index contributed by atoms with van der Waals surface area (Å²) in [6.07, 6.45) is 2.45. The minimum Gasteiger partial charge on any atom is -0.508 e. The van der Waals surface area contributed by atoms with Crippen molar-refractivity contribution in [3.05, 3.63) is 60.0 Å². The number of hydrogen-bond donors (Lipinski definition) is 1. The van der Waals surface area contributed by atoms with Gasteiger partial charge in [0.15, 0.2) is 0 Å². The third-order valence-electron chi connectivity index (χ3n) is 3.15. The third-order valence-corrected chi connectivity index (χ3v) is 3.89. The van der Waals surface area contributed by atoms with Crippen LogP contribution in [0.25, 0.3) is 11.4 Å². The molecule has 1 N–H and O–H groups in total. The van der Waals surface area contributed by atoms with Gasteiger partial charge in [0.1, 0.15) is 5.75 Å². The fourth-order valence-corrected chi connectivity index (χ4v) is 2.42. The Labute approximate surface area is 126 Å². The van der Waals surface area contributed by atoms with E-state index in [1.165, 1.54) is 4.90 Å². The molecule has 0 aliphatic rings. The van der Waals surface area contributed by atoms with Gasteiger partial charge in [0.25, 0.3) is 0 Å². The maximum absolute atomic E-state index is 9.76. The molecule has 0 aliphatic carbocycles. The second-order valence-electron chi connectivity index (χ2n) is 4.55. The van der Waals surface area contributed by atoms with Gasteiger partial charge in [-0.2, -0.15) is 4.98 Å². The first-order valence-electron chi connectivity index (χ1n) is 6.50. The molecular weight excluding hydrogens is 284 g/mol. The van der Waals surface area contributed by atoms with E-state index in [1.54, 1.807) is 23.9 Å². The lowest BCUT2D eigenvalue weighted by Crippen LogP contribution is -1.89. The van der Waals surface area contributed by atoms with Crippen LogP contribution < -0.4 is 0 Å². The van der Waals surface area contributed by atoms with Crippen LogP contribution in [0.1, 0.15) is 11.5 Å². The Morgan fingerprint density at radius 2 is 1.86 bits per heavy atom. The van der Waals surface area contributed by atoms with Crippen molar-refractivity contribution in [1.82, 2.24) is 10.1 Å². The van der Waals surface area contributed by atoms with E-state index in [0.29, 0.717) is 18.1 Å². The van der Waals surface area contributed by atoms with E-state index in [1.807, 2.05) is 42.7 Å². The lowest BCUT2D eigenvalue weighted by atomic mass is 10.1. The van der Waals surface area contributed by atoms with Crippen molar-refractivity contribution in [2.24, 2.45) is 0 Å². The second-order valence-corrected chi connectivity index (χ2v) is 5.43. The predicted octanol–water partition coefficient (Wildman–Crippen LogP) is 3.75. The first-order chi connectivity index (χ1) is 10.3. The van der Waals surface area contributed by atoms with Crippen LogP contribution in [0.2, 0.25) is 0 Å². The minimum atomic E-state index is 0.238. The molecule has 5 heteroatoms. The molecule has 3 aromatic rings. The van der Waals surface area contributed by atoms with Crippen LogP contribution in [0, 0.1) is 0 Å². The molecule has 0 radical (unpaired) electrons. The molecule has 2 aromatic carbocycles. The van der Waals surface area contributed by atoms with Crippen LogP contribution in [0.15, 0.2) is 57.9 Å². The fourth-order valence-electron chi connectivity index (χ4n) is 2.01. The molecule has 0 atom stereocenters. The molecule has 3 rings (SSSR count).